The molecule has 0 fully saturated rings. The van der Waals surface area contributed by atoms with Gasteiger partial charge in [-0.1, -0.05) is 25.4 Å². The molecule has 0 aromatic carbocycles. The summed E-state index contributed by atoms with van der Waals surface area (Å²) >= 11 is 5.80. The van der Waals surface area contributed by atoms with Crippen LogP contribution in [-0.4, -0.2) is 17.1 Å². The van der Waals surface area contributed by atoms with E-state index in [1.807, 2.05) is 13.8 Å². The van der Waals surface area contributed by atoms with Crippen LogP contribution in [0.25, 0.3) is 0 Å². The average molecular weight is 187 g/mol. The molecule has 1 rings (SSSR count). The molecule has 0 spiro atoms. The predicted octanol–water partition coefficient (Wildman–Crippen LogP) is 2.26. The Morgan fingerprint density at radius 2 is 2.08 bits per heavy atom. The largest absolute Gasteiger partial charge is 0.492 e. The second kappa shape index (κ2) is 3.72. The van der Waals surface area contributed by atoms with E-state index in [1.165, 1.54) is 6.33 Å². The fourth-order valence-corrected chi connectivity index (χ4v) is 1.18. The Hall–Kier alpha value is -0.830. The first-order valence-corrected chi connectivity index (χ1v) is 4.09. The molecule has 0 amide bonds. The molecule has 0 saturated heterocycles. The first kappa shape index (κ1) is 9.26. The molecular formula is C8H11ClN2O. The van der Waals surface area contributed by atoms with Crippen LogP contribution in [0, 0.1) is 0 Å². The molecule has 3 nitrogen and oxygen atoms in total. The van der Waals surface area contributed by atoms with Gasteiger partial charge in [0.25, 0.3) is 0 Å². The lowest BCUT2D eigenvalue weighted by atomic mass is 10.1. The molecule has 4 heteroatoms. The summed E-state index contributed by atoms with van der Waals surface area (Å²) in [5.74, 6) is 0.870. The quantitative estimate of drug-likeness (QED) is 0.665. The summed E-state index contributed by atoms with van der Waals surface area (Å²) < 4.78 is 5.08. The van der Waals surface area contributed by atoms with Crippen LogP contribution in [-0.2, 0) is 0 Å². The third-order valence-corrected chi connectivity index (χ3v) is 1.81. The van der Waals surface area contributed by atoms with Gasteiger partial charge in [0.15, 0.2) is 10.9 Å². The molecule has 0 unspecified atom stereocenters. The van der Waals surface area contributed by atoms with Crippen LogP contribution in [0.4, 0.5) is 0 Å². The van der Waals surface area contributed by atoms with Gasteiger partial charge in [-0.05, 0) is 5.92 Å². The normalized spacial score (nSPS) is 10.4. The van der Waals surface area contributed by atoms with Crippen LogP contribution in [0.15, 0.2) is 6.33 Å². The van der Waals surface area contributed by atoms with Gasteiger partial charge in [0.2, 0.25) is 0 Å². The zero-order valence-electron chi connectivity index (χ0n) is 7.34. The molecule has 0 atom stereocenters. The van der Waals surface area contributed by atoms with Gasteiger partial charge < -0.3 is 4.74 Å². The van der Waals surface area contributed by atoms with E-state index < -0.39 is 0 Å². The van der Waals surface area contributed by atoms with Crippen LogP contribution in [0.1, 0.15) is 25.5 Å². The number of methoxy groups -OCH3 is 1. The van der Waals surface area contributed by atoms with Gasteiger partial charge in [0, 0.05) is 0 Å². The third kappa shape index (κ3) is 1.67. The zero-order chi connectivity index (χ0) is 9.14. The lowest BCUT2D eigenvalue weighted by molar-refractivity contribution is 0.402. The van der Waals surface area contributed by atoms with Gasteiger partial charge in [-0.15, -0.1) is 0 Å². The van der Waals surface area contributed by atoms with E-state index in [0.29, 0.717) is 16.8 Å². The summed E-state index contributed by atoms with van der Waals surface area (Å²) in [4.78, 5) is 7.91. The van der Waals surface area contributed by atoms with Crippen molar-refractivity contribution in [3.63, 3.8) is 0 Å². The minimum atomic E-state index is 0.292. The summed E-state index contributed by atoms with van der Waals surface area (Å²) in [5, 5.41) is 0.371. The van der Waals surface area contributed by atoms with Gasteiger partial charge in [-0.25, -0.2) is 9.97 Å². The van der Waals surface area contributed by atoms with Crippen molar-refractivity contribution in [2.45, 2.75) is 19.8 Å². The smallest absolute Gasteiger partial charge is 0.177 e. The Kier molecular flexibility index (Phi) is 2.87. The summed E-state index contributed by atoms with van der Waals surface area (Å²) in [5.41, 5.74) is 0.845. The molecular weight excluding hydrogens is 176 g/mol. The van der Waals surface area contributed by atoms with Crippen molar-refractivity contribution in [3.8, 4) is 5.75 Å². The maximum absolute atomic E-state index is 5.80. The predicted molar refractivity (Wildman–Crippen MR) is 47.7 cm³/mol. The monoisotopic (exact) mass is 186 g/mol. The first-order chi connectivity index (χ1) is 5.66. The maximum Gasteiger partial charge on any atom is 0.177 e. The van der Waals surface area contributed by atoms with Crippen LogP contribution in [0.3, 0.4) is 0 Å². The Balaban J connectivity index is 3.18. The standard InChI is InChI=1S/C8H11ClN2O/c1-5(2)6-7(12-3)8(9)11-4-10-6/h4-5H,1-3H3. The highest BCUT2D eigenvalue weighted by Gasteiger charge is 2.12. The molecule has 0 saturated carbocycles. The van der Waals surface area contributed by atoms with E-state index in [-0.39, 0.29) is 0 Å². The Morgan fingerprint density at radius 1 is 1.42 bits per heavy atom. The summed E-state index contributed by atoms with van der Waals surface area (Å²) in [7, 11) is 1.57. The van der Waals surface area contributed by atoms with Gasteiger partial charge in [0.05, 0.1) is 12.8 Å². The van der Waals surface area contributed by atoms with Crippen LogP contribution in [0.2, 0.25) is 5.15 Å². The van der Waals surface area contributed by atoms with Crippen LogP contribution >= 0.6 is 11.6 Å². The highest BCUT2D eigenvalue weighted by atomic mass is 35.5. The molecule has 1 heterocycles. The highest BCUT2D eigenvalue weighted by molar-refractivity contribution is 6.30. The summed E-state index contributed by atoms with van der Waals surface area (Å²) in [6.45, 7) is 4.06. The van der Waals surface area contributed by atoms with Crippen LogP contribution < -0.4 is 4.74 Å². The minimum Gasteiger partial charge on any atom is -0.492 e. The molecule has 12 heavy (non-hydrogen) atoms. The first-order valence-electron chi connectivity index (χ1n) is 3.71. The summed E-state index contributed by atoms with van der Waals surface area (Å²) in [6.07, 6.45) is 1.44. The molecule has 66 valence electrons. The molecule has 1 aromatic heterocycles. The van der Waals surface area contributed by atoms with E-state index in [9.17, 15) is 0 Å². The topological polar surface area (TPSA) is 35.0 Å². The van der Waals surface area contributed by atoms with Crippen molar-refractivity contribution in [1.82, 2.24) is 9.97 Å². The zero-order valence-corrected chi connectivity index (χ0v) is 8.09. The van der Waals surface area contributed by atoms with Crippen molar-refractivity contribution in [2.24, 2.45) is 0 Å². The van der Waals surface area contributed by atoms with Crippen molar-refractivity contribution >= 4 is 11.6 Å². The lowest BCUT2D eigenvalue weighted by Crippen LogP contribution is -1.99. The lowest BCUT2D eigenvalue weighted by Gasteiger charge is -2.09. The van der Waals surface area contributed by atoms with Gasteiger partial charge in [-0.3, -0.25) is 0 Å². The van der Waals surface area contributed by atoms with Gasteiger partial charge in [-0.2, -0.15) is 0 Å². The Labute approximate surface area is 76.7 Å². The van der Waals surface area contributed by atoms with Crippen molar-refractivity contribution in [2.75, 3.05) is 7.11 Å². The highest BCUT2D eigenvalue weighted by Crippen LogP contribution is 2.29. The Morgan fingerprint density at radius 3 is 2.50 bits per heavy atom. The molecule has 0 bridgehead atoms. The number of halogens is 1. The van der Waals surface area contributed by atoms with Crippen molar-refractivity contribution in [3.05, 3.63) is 17.2 Å². The number of hydrogen-bond acceptors (Lipinski definition) is 3. The number of aromatic nitrogens is 2. The van der Waals surface area contributed by atoms with E-state index >= 15 is 0 Å². The van der Waals surface area contributed by atoms with Gasteiger partial charge >= 0.3 is 0 Å². The minimum absolute atomic E-state index is 0.292. The van der Waals surface area contributed by atoms with Gasteiger partial charge in [0.1, 0.15) is 6.33 Å². The van der Waals surface area contributed by atoms with Crippen molar-refractivity contribution in [1.29, 1.82) is 0 Å². The average Bonchev–Trinajstić information content (AvgIpc) is 2.03. The number of rotatable bonds is 2. The molecule has 0 aliphatic carbocycles. The number of ether oxygens (including phenoxy) is 1. The van der Waals surface area contributed by atoms with E-state index in [2.05, 4.69) is 9.97 Å². The number of nitrogens with zero attached hydrogens (tertiary/aromatic N) is 2. The number of hydrogen-bond donors (Lipinski definition) is 0. The molecule has 1 aromatic rings. The molecule has 0 aliphatic heterocycles. The Bertz CT molecular complexity index is 276. The second-order valence-electron chi connectivity index (χ2n) is 2.74. The fraction of sp³-hybridized carbons (Fsp3) is 0.500. The third-order valence-electron chi connectivity index (χ3n) is 1.54. The van der Waals surface area contributed by atoms with Crippen LogP contribution in [0.5, 0.6) is 5.75 Å². The van der Waals surface area contributed by atoms with E-state index in [0.717, 1.165) is 5.69 Å². The molecule has 0 aliphatic rings. The SMILES string of the molecule is COc1c(Cl)ncnc1C(C)C. The fourth-order valence-electron chi connectivity index (χ4n) is 0.965. The van der Waals surface area contributed by atoms with E-state index in [4.69, 9.17) is 16.3 Å². The molecule has 0 N–H and O–H groups in total. The van der Waals surface area contributed by atoms with E-state index in [1.54, 1.807) is 7.11 Å². The molecule has 0 radical (unpaired) electrons. The maximum atomic E-state index is 5.80. The second-order valence-corrected chi connectivity index (χ2v) is 3.10. The summed E-state index contributed by atoms with van der Waals surface area (Å²) in [6, 6.07) is 0. The van der Waals surface area contributed by atoms with Crippen molar-refractivity contribution < 1.29 is 4.74 Å².